The molecule has 1 aliphatic carbocycles. The lowest BCUT2D eigenvalue weighted by Gasteiger charge is -2.23. The Bertz CT molecular complexity index is 1380. The van der Waals surface area contributed by atoms with Crippen molar-refractivity contribution in [1.82, 2.24) is 30.0 Å². The quantitative estimate of drug-likeness (QED) is 0.563. The fourth-order valence-corrected chi connectivity index (χ4v) is 4.99. The number of fused-ring (bicyclic) bond motifs is 4. The monoisotopic (exact) mass is 488 g/mol. The summed E-state index contributed by atoms with van der Waals surface area (Å²) >= 11 is 0. The van der Waals surface area contributed by atoms with Crippen LogP contribution in [0.3, 0.4) is 0 Å². The van der Waals surface area contributed by atoms with Crippen LogP contribution in [0.15, 0.2) is 24.3 Å². The molecule has 6 rings (SSSR count). The lowest BCUT2D eigenvalue weighted by Crippen LogP contribution is -2.27. The van der Waals surface area contributed by atoms with Crippen LogP contribution < -0.4 is 15.1 Å². The van der Waals surface area contributed by atoms with Crippen LogP contribution in [0.2, 0.25) is 0 Å². The smallest absolute Gasteiger partial charge is 0.407 e. The lowest BCUT2D eigenvalue weighted by molar-refractivity contribution is 0.0996. The molecule has 1 fully saturated rings. The van der Waals surface area contributed by atoms with Gasteiger partial charge in [-0.05, 0) is 44.4 Å². The van der Waals surface area contributed by atoms with Gasteiger partial charge in [-0.15, -0.1) is 10.2 Å². The Hall–Kier alpha value is -4.02. The van der Waals surface area contributed by atoms with Gasteiger partial charge in [-0.3, -0.25) is 9.69 Å². The molecule has 3 aromatic heterocycles. The molecular weight excluding hydrogens is 460 g/mol. The first-order chi connectivity index (χ1) is 17.4. The number of anilines is 2. The number of nitrogens with one attached hydrogen (secondary N) is 1. The van der Waals surface area contributed by atoms with Crippen LogP contribution in [-0.4, -0.2) is 56.9 Å². The number of ether oxygens (including phenoxy) is 1. The molecule has 1 saturated carbocycles. The van der Waals surface area contributed by atoms with Gasteiger partial charge in [0, 0.05) is 38.2 Å². The molecule has 2 amide bonds. The Labute approximate surface area is 208 Å². The van der Waals surface area contributed by atoms with Gasteiger partial charge >= 0.3 is 6.09 Å². The highest BCUT2D eigenvalue weighted by molar-refractivity contribution is 6.10. The lowest BCUT2D eigenvalue weighted by atomic mass is 10.1. The van der Waals surface area contributed by atoms with Crippen molar-refractivity contribution in [3.05, 3.63) is 46.9 Å². The van der Waals surface area contributed by atoms with Crippen molar-refractivity contribution in [1.29, 1.82) is 0 Å². The Morgan fingerprint density at radius 1 is 1.28 bits per heavy atom. The van der Waals surface area contributed by atoms with E-state index in [9.17, 15) is 9.59 Å². The minimum absolute atomic E-state index is 0.0369. The summed E-state index contributed by atoms with van der Waals surface area (Å²) in [5.41, 5.74) is 2.53. The highest BCUT2D eigenvalue weighted by Crippen LogP contribution is 2.52. The van der Waals surface area contributed by atoms with Gasteiger partial charge in [-0.2, -0.15) is 0 Å². The summed E-state index contributed by atoms with van der Waals surface area (Å²) in [7, 11) is 3.42. The maximum atomic E-state index is 13.6. The number of carbonyl (C=O) groups excluding carboxylic acids is 2. The van der Waals surface area contributed by atoms with Crippen molar-refractivity contribution in [3.63, 3.8) is 0 Å². The van der Waals surface area contributed by atoms with Crippen molar-refractivity contribution in [2.45, 2.75) is 51.9 Å². The van der Waals surface area contributed by atoms with Gasteiger partial charge in [-0.1, -0.05) is 6.07 Å². The molecule has 36 heavy (non-hydrogen) atoms. The van der Waals surface area contributed by atoms with E-state index < -0.39 is 6.09 Å². The first-order valence-corrected chi connectivity index (χ1v) is 12.2. The Morgan fingerprint density at radius 3 is 2.89 bits per heavy atom. The van der Waals surface area contributed by atoms with Gasteiger partial charge < -0.3 is 19.5 Å². The molecular formula is C25H28N8O3. The standard InChI is InChI=1S/C25H28N8O3/c1-13(2)31(4)21-10-15-16(18(28-21)12-36-25(35)26-3)11-32(24(15)34)20-7-5-6-17(27-20)23-30-29-22-9-14-8-19(14)33(22)23/h5-7,10,13-14,19H,8-9,11-12H2,1-4H3,(H,26,35). The zero-order valence-corrected chi connectivity index (χ0v) is 20.7. The molecule has 0 saturated heterocycles. The van der Waals surface area contributed by atoms with Gasteiger partial charge in [0.15, 0.2) is 5.82 Å². The molecule has 0 bridgehead atoms. The summed E-state index contributed by atoms with van der Waals surface area (Å²) in [4.78, 5) is 38.6. The third-order valence-corrected chi connectivity index (χ3v) is 7.34. The number of pyridine rings is 2. The van der Waals surface area contributed by atoms with E-state index in [0.29, 0.717) is 47.1 Å². The molecule has 2 atom stereocenters. The van der Waals surface area contributed by atoms with Crippen molar-refractivity contribution < 1.29 is 14.3 Å². The molecule has 1 N–H and O–H groups in total. The van der Waals surface area contributed by atoms with Crippen LogP contribution in [0, 0.1) is 5.92 Å². The van der Waals surface area contributed by atoms with Crippen LogP contribution in [0.5, 0.6) is 0 Å². The number of carbonyl (C=O) groups is 2. The molecule has 2 aliphatic heterocycles. The van der Waals surface area contributed by atoms with E-state index >= 15 is 0 Å². The van der Waals surface area contributed by atoms with Crippen LogP contribution in [-0.2, 0) is 24.3 Å². The molecule has 11 heteroatoms. The topological polar surface area (TPSA) is 118 Å². The summed E-state index contributed by atoms with van der Waals surface area (Å²) in [5, 5.41) is 11.2. The van der Waals surface area contributed by atoms with Gasteiger partial charge in [0.05, 0.1) is 17.8 Å². The molecule has 3 aliphatic rings. The third kappa shape index (κ3) is 3.57. The van der Waals surface area contributed by atoms with E-state index in [0.717, 1.165) is 23.6 Å². The molecule has 0 spiro atoms. The Balaban J connectivity index is 1.34. The average Bonchev–Trinajstić information content (AvgIpc) is 3.20. The van der Waals surface area contributed by atoms with Crippen LogP contribution in [0.4, 0.5) is 16.4 Å². The molecule has 5 heterocycles. The van der Waals surface area contributed by atoms with Crippen molar-refractivity contribution in [2.75, 3.05) is 23.9 Å². The summed E-state index contributed by atoms with van der Waals surface area (Å²) in [6.45, 7) is 4.34. The van der Waals surface area contributed by atoms with Crippen LogP contribution >= 0.6 is 0 Å². The molecule has 3 aromatic rings. The Morgan fingerprint density at radius 2 is 2.11 bits per heavy atom. The number of nitrogens with zero attached hydrogens (tertiary/aromatic N) is 7. The number of hydrogen-bond donors (Lipinski definition) is 1. The van der Waals surface area contributed by atoms with Gasteiger partial charge in [0.2, 0.25) is 0 Å². The minimum atomic E-state index is -0.553. The van der Waals surface area contributed by atoms with E-state index in [2.05, 4.69) is 20.1 Å². The molecule has 0 aromatic carbocycles. The summed E-state index contributed by atoms with van der Waals surface area (Å²) in [6.07, 6.45) is 1.58. The molecule has 186 valence electrons. The first-order valence-electron chi connectivity index (χ1n) is 12.2. The summed E-state index contributed by atoms with van der Waals surface area (Å²) in [6, 6.07) is 8.07. The van der Waals surface area contributed by atoms with Crippen molar-refractivity contribution in [3.8, 4) is 11.5 Å². The predicted octanol–water partition coefficient (Wildman–Crippen LogP) is 2.71. The van der Waals surface area contributed by atoms with Crippen molar-refractivity contribution in [2.24, 2.45) is 5.92 Å². The Kier molecular flexibility index (Phi) is 5.16. The van der Waals surface area contributed by atoms with Gasteiger partial charge in [-0.25, -0.2) is 14.8 Å². The van der Waals surface area contributed by atoms with E-state index in [1.807, 2.05) is 50.1 Å². The minimum Gasteiger partial charge on any atom is -0.443 e. The van der Waals surface area contributed by atoms with Crippen molar-refractivity contribution >= 4 is 23.6 Å². The van der Waals surface area contributed by atoms with Crippen LogP contribution in [0.25, 0.3) is 11.5 Å². The molecule has 11 nitrogen and oxygen atoms in total. The fraction of sp³-hybridized carbons (Fsp3) is 0.440. The zero-order chi connectivity index (χ0) is 25.1. The largest absolute Gasteiger partial charge is 0.443 e. The molecule has 0 radical (unpaired) electrons. The summed E-state index contributed by atoms with van der Waals surface area (Å²) in [5.74, 6) is 3.46. The maximum Gasteiger partial charge on any atom is 0.407 e. The number of amides is 2. The number of hydrogen-bond acceptors (Lipinski definition) is 8. The van der Waals surface area contributed by atoms with E-state index in [4.69, 9.17) is 14.7 Å². The number of aromatic nitrogens is 5. The van der Waals surface area contributed by atoms with E-state index in [1.54, 1.807) is 4.90 Å². The molecule has 2 unspecified atom stereocenters. The van der Waals surface area contributed by atoms with Gasteiger partial charge in [0.1, 0.15) is 29.8 Å². The number of rotatable bonds is 6. The van der Waals surface area contributed by atoms with Crippen LogP contribution in [0.1, 0.15) is 53.7 Å². The normalized spacial score (nSPS) is 19.2. The number of alkyl carbamates (subject to hydrolysis) is 1. The fourth-order valence-electron chi connectivity index (χ4n) is 4.99. The second-order valence-electron chi connectivity index (χ2n) is 9.83. The second kappa shape index (κ2) is 8.28. The second-order valence-corrected chi connectivity index (χ2v) is 9.83. The first kappa shape index (κ1) is 22.4. The SMILES string of the molecule is CNC(=O)OCc1nc(N(C)C(C)C)cc2c1CN(c1cccc(-c3nnc4n3C3CC3C4)n1)C2=O. The van der Waals surface area contributed by atoms with E-state index in [-0.39, 0.29) is 18.6 Å². The van der Waals surface area contributed by atoms with Gasteiger partial charge in [0.25, 0.3) is 5.91 Å². The predicted molar refractivity (Wildman–Crippen MR) is 132 cm³/mol. The summed E-state index contributed by atoms with van der Waals surface area (Å²) < 4.78 is 7.50. The highest BCUT2D eigenvalue weighted by atomic mass is 16.5. The average molecular weight is 489 g/mol. The highest BCUT2D eigenvalue weighted by Gasteiger charge is 2.48. The third-order valence-electron chi connectivity index (χ3n) is 7.34. The maximum absolute atomic E-state index is 13.6. The zero-order valence-electron chi connectivity index (χ0n) is 20.7. The van der Waals surface area contributed by atoms with E-state index in [1.165, 1.54) is 13.5 Å².